The van der Waals surface area contributed by atoms with Gasteiger partial charge in [-0.05, 0) is 25.0 Å². The van der Waals surface area contributed by atoms with Crippen molar-refractivity contribution in [3.8, 4) is 0 Å². The Bertz CT molecular complexity index is 471. The fourth-order valence-electron chi connectivity index (χ4n) is 2.78. The molecule has 0 aliphatic carbocycles. The molecular formula is C15H23ClN4O2. The highest BCUT2D eigenvalue weighted by atomic mass is 35.5. The maximum absolute atomic E-state index is 11.9. The van der Waals surface area contributed by atoms with Crippen LogP contribution in [0.15, 0.2) is 18.3 Å². The smallest absolute Gasteiger partial charge is 0.228 e. The van der Waals surface area contributed by atoms with Crippen LogP contribution < -0.4 is 15.5 Å². The lowest BCUT2D eigenvalue weighted by molar-refractivity contribution is -0.118. The first-order chi connectivity index (χ1) is 10.3. The third-order valence-electron chi connectivity index (χ3n) is 3.93. The Morgan fingerprint density at radius 1 is 1.41 bits per heavy atom. The summed E-state index contributed by atoms with van der Waals surface area (Å²) in [7, 11) is 0. The van der Waals surface area contributed by atoms with Crippen molar-refractivity contribution < 1.29 is 9.53 Å². The first-order valence-electron chi connectivity index (χ1n) is 7.64. The number of halogens is 1. The standard InChI is InChI=1S/C15H22N4O2.ClH/c20-15(10-13-2-1-9-21-13)18-14-4-3-12(11-17-14)19-7-5-16-6-8-19;/h3-4,11,13,16H,1-2,5-10H2,(H,17,18,20);1H. The number of piperazine rings is 1. The first-order valence-corrected chi connectivity index (χ1v) is 7.64. The maximum Gasteiger partial charge on any atom is 0.228 e. The summed E-state index contributed by atoms with van der Waals surface area (Å²) in [5.74, 6) is 0.584. The Hall–Kier alpha value is -1.37. The number of aromatic nitrogens is 1. The molecule has 2 N–H and O–H groups in total. The molecule has 22 heavy (non-hydrogen) atoms. The molecule has 1 amide bonds. The highest BCUT2D eigenvalue weighted by Crippen LogP contribution is 2.18. The number of carbonyl (C=O) groups excluding carboxylic acids is 1. The summed E-state index contributed by atoms with van der Waals surface area (Å²) in [5, 5.41) is 6.16. The minimum Gasteiger partial charge on any atom is -0.378 e. The lowest BCUT2D eigenvalue weighted by Crippen LogP contribution is -2.43. The minimum absolute atomic E-state index is 0. The number of hydrogen-bond donors (Lipinski definition) is 2. The average molecular weight is 327 g/mol. The maximum atomic E-state index is 11.9. The van der Waals surface area contributed by atoms with Crippen molar-refractivity contribution in [3.05, 3.63) is 18.3 Å². The molecule has 0 bridgehead atoms. The number of pyridine rings is 1. The molecule has 1 aromatic heterocycles. The van der Waals surface area contributed by atoms with Crippen LogP contribution in [0.3, 0.4) is 0 Å². The van der Waals surface area contributed by atoms with Gasteiger partial charge in [-0.3, -0.25) is 4.79 Å². The molecule has 7 heteroatoms. The van der Waals surface area contributed by atoms with E-state index in [0.29, 0.717) is 12.2 Å². The van der Waals surface area contributed by atoms with Crippen LogP contribution in [-0.4, -0.2) is 49.8 Å². The Morgan fingerprint density at radius 3 is 2.86 bits per heavy atom. The van der Waals surface area contributed by atoms with Gasteiger partial charge in [0.2, 0.25) is 5.91 Å². The Balaban J connectivity index is 0.00000176. The van der Waals surface area contributed by atoms with Gasteiger partial charge in [-0.2, -0.15) is 0 Å². The van der Waals surface area contributed by atoms with E-state index in [1.54, 1.807) is 0 Å². The van der Waals surface area contributed by atoms with Gasteiger partial charge < -0.3 is 20.3 Å². The highest BCUT2D eigenvalue weighted by molar-refractivity contribution is 5.90. The van der Waals surface area contributed by atoms with Crippen LogP contribution >= 0.6 is 12.4 Å². The molecular weight excluding hydrogens is 304 g/mol. The van der Waals surface area contributed by atoms with Gasteiger partial charge in [-0.1, -0.05) is 0 Å². The van der Waals surface area contributed by atoms with Gasteiger partial charge in [0.25, 0.3) is 0 Å². The molecule has 122 valence electrons. The fourth-order valence-corrected chi connectivity index (χ4v) is 2.78. The molecule has 3 rings (SSSR count). The summed E-state index contributed by atoms with van der Waals surface area (Å²) in [6.45, 7) is 4.76. The van der Waals surface area contributed by atoms with Crippen LogP contribution in [0.4, 0.5) is 11.5 Å². The van der Waals surface area contributed by atoms with E-state index >= 15 is 0 Å². The van der Waals surface area contributed by atoms with E-state index in [0.717, 1.165) is 51.3 Å². The van der Waals surface area contributed by atoms with Crippen molar-refractivity contribution in [1.82, 2.24) is 10.3 Å². The molecule has 0 spiro atoms. The van der Waals surface area contributed by atoms with Crippen LogP contribution in [0, 0.1) is 0 Å². The van der Waals surface area contributed by atoms with E-state index in [1.807, 2.05) is 18.3 Å². The van der Waals surface area contributed by atoms with Crippen molar-refractivity contribution in [2.24, 2.45) is 0 Å². The molecule has 2 saturated heterocycles. The van der Waals surface area contributed by atoms with E-state index < -0.39 is 0 Å². The number of anilines is 2. The number of nitrogens with zero attached hydrogens (tertiary/aromatic N) is 2. The van der Waals surface area contributed by atoms with Crippen LogP contribution in [0.1, 0.15) is 19.3 Å². The van der Waals surface area contributed by atoms with Crippen molar-refractivity contribution in [1.29, 1.82) is 0 Å². The molecule has 2 aliphatic heterocycles. The number of ether oxygens (including phenoxy) is 1. The third-order valence-corrected chi connectivity index (χ3v) is 3.93. The zero-order valence-corrected chi connectivity index (χ0v) is 13.4. The van der Waals surface area contributed by atoms with Gasteiger partial charge in [-0.25, -0.2) is 4.98 Å². The molecule has 3 heterocycles. The average Bonchev–Trinajstić information content (AvgIpc) is 3.02. The van der Waals surface area contributed by atoms with Gasteiger partial charge in [0, 0.05) is 32.8 Å². The quantitative estimate of drug-likeness (QED) is 0.876. The predicted octanol–water partition coefficient (Wildman–Crippen LogP) is 1.42. The first kappa shape index (κ1) is 17.0. The normalized spacial score (nSPS) is 21.3. The largest absolute Gasteiger partial charge is 0.378 e. The van der Waals surface area contributed by atoms with Gasteiger partial charge in [0.15, 0.2) is 0 Å². The molecule has 6 nitrogen and oxygen atoms in total. The number of amides is 1. The topological polar surface area (TPSA) is 66.5 Å². The van der Waals surface area contributed by atoms with Gasteiger partial charge >= 0.3 is 0 Å². The summed E-state index contributed by atoms with van der Waals surface area (Å²) in [4.78, 5) is 18.5. The fraction of sp³-hybridized carbons (Fsp3) is 0.600. The summed E-state index contributed by atoms with van der Waals surface area (Å²) in [6, 6.07) is 3.88. The van der Waals surface area contributed by atoms with E-state index in [2.05, 4.69) is 20.5 Å². The second kappa shape index (κ2) is 8.31. The third kappa shape index (κ3) is 4.56. The van der Waals surface area contributed by atoms with Gasteiger partial charge in [-0.15, -0.1) is 12.4 Å². The second-order valence-electron chi connectivity index (χ2n) is 5.53. The summed E-state index contributed by atoms with van der Waals surface area (Å²) < 4.78 is 5.47. The van der Waals surface area contributed by atoms with E-state index in [4.69, 9.17) is 4.74 Å². The monoisotopic (exact) mass is 326 g/mol. The molecule has 1 atom stereocenters. The van der Waals surface area contributed by atoms with Crippen LogP contribution in [0.25, 0.3) is 0 Å². The van der Waals surface area contributed by atoms with Crippen molar-refractivity contribution >= 4 is 29.8 Å². The van der Waals surface area contributed by atoms with E-state index in [9.17, 15) is 4.79 Å². The number of rotatable bonds is 4. The molecule has 0 aromatic carbocycles. The van der Waals surface area contributed by atoms with Gasteiger partial charge in [0.1, 0.15) is 5.82 Å². The zero-order chi connectivity index (χ0) is 14.5. The van der Waals surface area contributed by atoms with E-state index in [-0.39, 0.29) is 24.4 Å². The zero-order valence-electron chi connectivity index (χ0n) is 12.6. The van der Waals surface area contributed by atoms with Crippen LogP contribution in [-0.2, 0) is 9.53 Å². The lowest BCUT2D eigenvalue weighted by Gasteiger charge is -2.29. The molecule has 2 aliphatic rings. The summed E-state index contributed by atoms with van der Waals surface area (Å²) in [6.07, 6.45) is 4.34. The summed E-state index contributed by atoms with van der Waals surface area (Å²) >= 11 is 0. The Morgan fingerprint density at radius 2 is 2.23 bits per heavy atom. The molecule has 1 aromatic rings. The predicted molar refractivity (Wildman–Crippen MR) is 88.8 cm³/mol. The SMILES string of the molecule is Cl.O=C(CC1CCCO1)Nc1ccc(N2CCNCC2)cn1. The van der Waals surface area contributed by atoms with Crippen molar-refractivity contribution in [2.45, 2.75) is 25.4 Å². The second-order valence-corrected chi connectivity index (χ2v) is 5.53. The molecule has 2 fully saturated rings. The molecule has 0 radical (unpaired) electrons. The Kier molecular flexibility index (Phi) is 6.42. The number of nitrogens with one attached hydrogen (secondary N) is 2. The summed E-state index contributed by atoms with van der Waals surface area (Å²) in [5.41, 5.74) is 1.11. The Labute approximate surface area is 137 Å². The molecule has 0 saturated carbocycles. The lowest BCUT2D eigenvalue weighted by atomic mass is 10.2. The number of hydrogen-bond acceptors (Lipinski definition) is 5. The number of carbonyl (C=O) groups is 1. The van der Waals surface area contributed by atoms with Crippen LogP contribution in [0.5, 0.6) is 0 Å². The van der Waals surface area contributed by atoms with Crippen molar-refractivity contribution in [3.63, 3.8) is 0 Å². The molecule has 1 unspecified atom stereocenters. The van der Waals surface area contributed by atoms with Gasteiger partial charge in [0.05, 0.1) is 24.4 Å². The van der Waals surface area contributed by atoms with Crippen molar-refractivity contribution in [2.75, 3.05) is 43.0 Å². The van der Waals surface area contributed by atoms with E-state index in [1.165, 1.54) is 0 Å². The van der Waals surface area contributed by atoms with Crippen LogP contribution in [0.2, 0.25) is 0 Å². The minimum atomic E-state index is -0.0238. The highest BCUT2D eigenvalue weighted by Gasteiger charge is 2.19.